The highest BCUT2D eigenvalue weighted by atomic mass is 16.6. The molecule has 6 heteroatoms. The lowest BCUT2D eigenvalue weighted by atomic mass is 10.1. The maximum atomic E-state index is 12.7. The van der Waals surface area contributed by atoms with Crippen molar-refractivity contribution in [1.29, 1.82) is 0 Å². The van der Waals surface area contributed by atoms with Gasteiger partial charge in [0.1, 0.15) is 13.2 Å². The summed E-state index contributed by atoms with van der Waals surface area (Å²) in [5.74, 6) is -1.05. The Bertz CT molecular complexity index is 1110. The second-order valence-corrected chi connectivity index (χ2v) is 15.7. The lowest BCUT2D eigenvalue weighted by Crippen LogP contribution is -2.30. The molecule has 0 spiro atoms. The van der Waals surface area contributed by atoms with Crippen molar-refractivity contribution < 1.29 is 28.6 Å². The molecule has 0 saturated carbocycles. The maximum Gasteiger partial charge on any atom is 0.306 e. The third-order valence-corrected chi connectivity index (χ3v) is 9.95. The van der Waals surface area contributed by atoms with Crippen LogP contribution in [-0.2, 0) is 28.6 Å². The molecule has 0 radical (unpaired) electrons. The van der Waals surface area contributed by atoms with Crippen LogP contribution >= 0.6 is 0 Å². The van der Waals surface area contributed by atoms with E-state index in [9.17, 15) is 14.4 Å². The Kier molecular flexibility index (Phi) is 44.0. The first kappa shape index (κ1) is 54.9. The van der Waals surface area contributed by atoms with Crippen LogP contribution in [0.3, 0.4) is 0 Å². The van der Waals surface area contributed by atoms with E-state index in [0.717, 1.165) is 57.8 Å². The van der Waals surface area contributed by atoms with Gasteiger partial charge in [0.15, 0.2) is 6.10 Å². The molecule has 58 heavy (non-hydrogen) atoms. The van der Waals surface area contributed by atoms with Crippen molar-refractivity contribution in [3.63, 3.8) is 0 Å². The van der Waals surface area contributed by atoms with Crippen LogP contribution in [0.1, 0.15) is 220 Å². The topological polar surface area (TPSA) is 78.9 Å². The normalized spacial score (nSPS) is 12.7. The van der Waals surface area contributed by atoms with Gasteiger partial charge in [-0.25, -0.2) is 0 Å². The number of ether oxygens (including phenoxy) is 3. The second kappa shape index (κ2) is 46.5. The van der Waals surface area contributed by atoms with Gasteiger partial charge < -0.3 is 14.2 Å². The molecule has 332 valence electrons. The molecule has 0 saturated heterocycles. The summed E-state index contributed by atoms with van der Waals surface area (Å²) in [5, 5.41) is 0. The highest BCUT2D eigenvalue weighted by molar-refractivity contribution is 5.71. The third kappa shape index (κ3) is 44.0. The summed E-state index contributed by atoms with van der Waals surface area (Å²) in [7, 11) is 0. The van der Waals surface area contributed by atoms with Gasteiger partial charge in [0, 0.05) is 19.3 Å². The molecule has 0 bridgehead atoms. The van der Waals surface area contributed by atoms with E-state index in [0.29, 0.717) is 19.3 Å². The van der Waals surface area contributed by atoms with Crippen LogP contribution in [0.4, 0.5) is 0 Å². The molecule has 0 heterocycles. The molecule has 0 fully saturated rings. The summed E-state index contributed by atoms with van der Waals surface area (Å²) >= 11 is 0. The predicted molar refractivity (Wildman–Crippen MR) is 247 cm³/mol. The quantitative estimate of drug-likeness (QED) is 0.0264. The zero-order valence-corrected chi connectivity index (χ0v) is 37.8. The van der Waals surface area contributed by atoms with Gasteiger partial charge in [0.25, 0.3) is 0 Å². The van der Waals surface area contributed by atoms with Crippen molar-refractivity contribution in [2.75, 3.05) is 13.2 Å². The van der Waals surface area contributed by atoms with Crippen molar-refractivity contribution in [3.8, 4) is 0 Å². The lowest BCUT2D eigenvalue weighted by molar-refractivity contribution is -0.166. The summed E-state index contributed by atoms with van der Waals surface area (Å²) < 4.78 is 16.6. The fourth-order valence-corrected chi connectivity index (χ4v) is 6.31. The number of hydrogen-bond acceptors (Lipinski definition) is 6. The minimum atomic E-state index is -0.824. The number of esters is 3. The molecule has 0 amide bonds. The number of carbonyl (C=O) groups is 3. The van der Waals surface area contributed by atoms with Gasteiger partial charge in [-0.05, 0) is 77.0 Å². The Balaban J connectivity index is 4.52. The molecule has 6 nitrogen and oxygen atoms in total. The van der Waals surface area contributed by atoms with Gasteiger partial charge in [-0.3, -0.25) is 14.4 Å². The van der Waals surface area contributed by atoms with E-state index < -0.39 is 12.1 Å². The van der Waals surface area contributed by atoms with Gasteiger partial charge in [0.2, 0.25) is 0 Å². The molecule has 0 aromatic carbocycles. The highest BCUT2D eigenvalue weighted by Gasteiger charge is 2.19. The molecule has 0 aliphatic carbocycles. The maximum absolute atomic E-state index is 12.7. The largest absolute Gasteiger partial charge is 0.462 e. The monoisotopic (exact) mass is 809 g/mol. The minimum absolute atomic E-state index is 0.114. The zero-order chi connectivity index (χ0) is 42.3. The van der Waals surface area contributed by atoms with Gasteiger partial charge in [0.05, 0.1) is 0 Å². The van der Waals surface area contributed by atoms with E-state index >= 15 is 0 Å². The van der Waals surface area contributed by atoms with Crippen molar-refractivity contribution in [2.45, 2.75) is 226 Å². The van der Waals surface area contributed by atoms with E-state index in [1.54, 1.807) is 0 Å². The SMILES string of the molecule is CCCCC/C=C\C/C=C\C/C=C\C/C=C\CCCC(=O)OCC(COC(=O)CCCCCCCCCCCC)OC(=O)CC/C=C\C/C=C\CCCCCCCC. The molecule has 0 aromatic heterocycles. The van der Waals surface area contributed by atoms with Crippen LogP contribution in [0.5, 0.6) is 0 Å². The van der Waals surface area contributed by atoms with Crippen LogP contribution in [0.15, 0.2) is 72.9 Å². The Morgan fingerprint density at radius 3 is 1.14 bits per heavy atom. The smallest absolute Gasteiger partial charge is 0.306 e. The Morgan fingerprint density at radius 2 is 0.672 bits per heavy atom. The Morgan fingerprint density at radius 1 is 0.345 bits per heavy atom. The first-order chi connectivity index (χ1) is 28.5. The van der Waals surface area contributed by atoms with E-state index in [1.807, 2.05) is 6.08 Å². The average Bonchev–Trinajstić information content (AvgIpc) is 3.22. The van der Waals surface area contributed by atoms with E-state index in [-0.39, 0.29) is 38.0 Å². The van der Waals surface area contributed by atoms with Crippen molar-refractivity contribution in [2.24, 2.45) is 0 Å². The zero-order valence-electron chi connectivity index (χ0n) is 37.8. The number of rotatable bonds is 42. The number of carbonyl (C=O) groups excluding carboxylic acids is 3. The summed E-state index contributed by atoms with van der Waals surface area (Å²) in [6, 6.07) is 0. The summed E-state index contributed by atoms with van der Waals surface area (Å²) in [4.78, 5) is 37.7. The van der Waals surface area contributed by atoms with Crippen molar-refractivity contribution in [3.05, 3.63) is 72.9 Å². The second-order valence-electron chi connectivity index (χ2n) is 15.7. The summed E-state index contributed by atoms with van der Waals surface area (Å²) in [6.07, 6.45) is 57.6. The first-order valence-corrected chi connectivity index (χ1v) is 23.9. The Hall–Kier alpha value is -3.15. The third-order valence-electron chi connectivity index (χ3n) is 9.95. The van der Waals surface area contributed by atoms with Crippen molar-refractivity contribution >= 4 is 17.9 Å². The van der Waals surface area contributed by atoms with E-state index in [2.05, 4.69) is 87.6 Å². The number of unbranched alkanes of at least 4 members (excludes halogenated alkanes) is 19. The van der Waals surface area contributed by atoms with Gasteiger partial charge >= 0.3 is 17.9 Å². The molecule has 0 aliphatic rings. The number of hydrogen-bond donors (Lipinski definition) is 0. The van der Waals surface area contributed by atoms with Crippen molar-refractivity contribution in [1.82, 2.24) is 0 Å². The fraction of sp³-hybridized carbons (Fsp3) is 0.712. The fourth-order valence-electron chi connectivity index (χ4n) is 6.31. The highest BCUT2D eigenvalue weighted by Crippen LogP contribution is 2.13. The van der Waals surface area contributed by atoms with E-state index in [1.165, 1.54) is 109 Å². The summed E-state index contributed by atoms with van der Waals surface area (Å²) in [5.41, 5.74) is 0. The standard InChI is InChI=1S/C52H88O6/c1-4-7-10-13-16-19-22-24-25-26-27-29-30-33-36-39-42-45-51(54)57-48-49(47-56-50(53)44-41-38-35-32-21-18-15-12-9-6-3)58-52(55)46-43-40-37-34-31-28-23-20-17-14-11-8-5-2/h16,19,24-25,27-29,31,33,36-37,40,49H,4-15,17-18,20-23,26,30,32,34-35,38-39,41-48H2,1-3H3/b19-16-,25-24-,29-27-,31-28-,36-33-,40-37-. The first-order valence-electron chi connectivity index (χ1n) is 23.9. The lowest BCUT2D eigenvalue weighted by Gasteiger charge is -2.18. The average molecular weight is 809 g/mol. The van der Waals surface area contributed by atoms with Gasteiger partial charge in [-0.15, -0.1) is 0 Å². The van der Waals surface area contributed by atoms with Crippen LogP contribution in [0.25, 0.3) is 0 Å². The summed E-state index contributed by atoms with van der Waals surface area (Å²) in [6.45, 7) is 6.47. The Labute approximate surface area is 357 Å². The molecule has 0 N–H and O–H groups in total. The van der Waals surface area contributed by atoms with Gasteiger partial charge in [-0.1, -0.05) is 196 Å². The predicted octanol–water partition coefficient (Wildman–Crippen LogP) is 15.5. The molecule has 1 unspecified atom stereocenters. The van der Waals surface area contributed by atoms with Crippen LogP contribution in [0, 0.1) is 0 Å². The van der Waals surface area contributed by atoms with Crippen LogP contribution < -0.4 is 0 Å². The molecular weight excluding hydrogens is 721 g/mol. The molecule has 0 aliphatic heterocycles. The molecular formula is C52H88O6. The van der Waals surface area contributed by atoms with E-state index in [4.69, 9.17) is 14.2 Å². The van der Waals surface area contributed by atoms with Crippen LogP contribution in [-0.4, -0.2) is 37.2 Å². The molecule has 0 aromatic rings. The van der Waals surface area contributed by atoms with Crippen LogP contribution in [0.2, 0.25) is 0 Å². The molecule has 0 rings (SSSR count). The molecule has 1 atom stereocenters. The minimum Gasteiger partial charge on any atom is -0.462 e. The van der Waals surface area contributed by atoms with Gasteiger partial charge in [-0.2, -0.15) is 0 Å². The number of allylic oxidation sites excluding steroid dienone is 12.